The summed E-state index contributed by atoms with van der Waals surface area (Å²) in [7, 11) is 0. The highest BCUT2D eigenvalue weighted by Gasteiger charge is 2.18. The van der Waals surface area contributed by atoms with Gasteiger partial charge in [-0.05, 0) is 18.6 Å². The summed E-state index contributed by atoms with van der Waals surface area (Å²) in [6, 6.07) is 5.15. The molecule has 1 heterocycles. The quantitative estimate of drug-likeness (QED) is 0.767. The molecule has 0 spiro atoms. The maximum Gasteiger partial charge on any atom is 0.179 e. The first kappa shape index (κ1) is 14.1. The first-order chi connectivity index (χ1) is 9.16. The second kappa shape index (κ2) is 6.75. The Labute approximate surface area is 112 Å². The average molecular weight is 265 g/mol. The second-order valence-corrected chi connectivity index (χ2v) is 4.86. The van der Waals surface area contributed by atoms with E-state index in [1.807, 2.05) is 0 Å². The number of rotatable bonds is 5. The van der Waals surface area contributed by atoms with Gasteiger partial charge in [0.05, 0.1) is 6.04 Å². The van der Waals surface area contributed by atoms with Crippen LogP contribution in [0.2, 0.25) is 0 Å². The smallest absolute Gasteiger partial charge is 0.179 e. The molecule has 1 aliphatic rings. The van der Waals surface area contributed by atoms with Gasteiger partial charge in [0, 0.05) is 38.3 Å². The molecule has 1 saturated heterocycles. The third-order valence-corrected chi connectivity index (χ3v) is 3.41. The molecule has 1 aromatic carbocycles. The minimum atomic E-state index is -0.559. The Hall–Kier alpha value is -1.30. The first-order valence-electron chi connectivity index (χ1n) is 6.65. The summed E-state index contributed by atoms with van der Waals surface area (Å²) in [5.41, 5.74) is 6.26. The van der Waals surface area contributed by atoms with Crippen molar-refractivity contribution in [2.24, 2.45) is 5.73 Å². The summed E-state index contributed by atoms with van der Waals surface area (Å²) in [5, 5.41) is 3.28. The number of benzene rings is 1. The van der Waals surface area contributed by atoms with Crippen molar-refractivity contribution in [2.75, 3.05) is 32.7 Å². The summed E-state index contributed by atoms with van der Waals surface area (Å²) >= 11 is 0. The van der Waals surface area contributed by atoms with Crippen LogP contribution < -0.4 is 11.1 Å². The fraction of sp³-hybridized carbons (Fsp3) is 0.500. The number of hydrogen-bond acceptors (Lipinski definition) is 4. The van der Waals surface area contributed by atoms with Crippen LogP contribution in [0.5, 0.6) is 0 Å². The number of Topliss-reactive ketones (excluding diaryl/α,β-unsaturated/α-hetero) is 1. The SMILES string of the molecule is NC(CCN1CCNCC1)C(=O)c1cccc(F)c1. The third kappa shape index (κ3) is 4.09. The van der Waals surface area contributed by atoms with Gasteiger partial charge in [-0.25, -0.2) is 4.39 Å². The van der Waals surface area contributed by atoms with Crippen molar-refractivity contribution in [3.05, 3.63) is 35.6 Å². The molecule has 1 aromatic rings. The van der Waals surface area contributed by atoms with Gasteiger partial charge >= 0.3 is 0 Å². The van der Waals surface area contributed by atoms with Crippen LogP contribution in [0.25, 0.3) is 0 Å². The molecule has 0 amide bonds. The Morgan fingerprint density at radius 2 is 2.16 bits per heavy atom. The summed E-state index contributed by atoms with van der Waals surface area (Å²) in [6.45, 7) is 4.74. The molecule has 0 bridgehead atoms. The van der Waals surface area contributed by atoms with Gasteiger partial charge in [-0.2, -0.15) is 0 Å². The molecule has 0 aliphatic carbocycles. The van der Waals surface area contributed by atoms with E-state index >= 15 is 0 Å². The topological polar surface area (TPSA) is 58.4 Å². The number of nitrogens with zero attached hydrogens (tertiary/aromatic N) is 1. The molecule has 0 saturated carbocycles. The van der Waals surface area contributed by atoms with Gasteiger partial charge in [-0.3, -0.25) is 4.79 Å². The zero-order valence-electron chi connectivity index (χ0n) is 10.9. The van der Waals surface area contributed by atoms with Crippen molar-refractivity contribution < 1.29 is 9.18 Å². The number of nitrogens with two attached hydrogens (primary N) is 1. The summed E-state index contributed by atoms with van der Waals surface area (Å²) in [5.74, 6) is -0.588. The van der Waals surface area contributed by atoms with Gasteiger partial charge in [0.15, 0.2) is 5.78 Å². The van der Waals surface area contributed by atoms with Gasteiger partial charge in [0.1, 0.15) is 5.82 Å². The molecule has 1 fully saturated rings. The number of halogens is 1. The monoisotopic (exact) mass is 265 g/mol. The Morgan fingerprint density at radius 3 is 2.84 bits per heavy atom. The standard InChI is InChI=1S/C14H20FN3O/c15-12-3-1-2-11(10-12)14(19)13(16)4-7-18-8-5-17-6-9-18/h1-3,10,13,17H,4-9,16H2. The number of ketones is 1. The van der Waals surface area contributed by atoms with E-state index in [4.69, 9.17) is 5.73 Å². The fourth-order valence-corrected chi connectivity index (χ4v) is 2.24. The van der Waals surface area contributed by atoms with Crippen molar-refractivity contribution in [1.82, 2.24) is 10.2 Å². The normalized spacial score (nSPS) is 18.2. The van der Waals surface area contributed by atoms with Crippen LogP contribution in [0.1, 0.15) is 16.8 Å². The minimum Gasteiger partial charge on any atom is -0.321 e. The molecule has 4 nitrogen and oxygen atoms in total. The highest BCUT2D eigenvalue weighted by molar-refractivity contribution is 5.99. The van der Waals surface area contributed by atoms with Gasteiger partial charge in [-0.15, -0.1) is 0 Å². The van der Waals surface area contributed by atoms with Crippen LogP contribution in [0.4, 0.5) is 4.39 Å². The van der Waals surface area contributed by atoms with E-state index in [0.717, 1.165) is 32.7 Å². The zero-order valence-corrected chi connectivity index (χ0v) is 10.9. The Balaban J connectivity index is 1.85. The molecule has 3 N–H and O–H groups in total. The number of piperazine rings is 1. The maximum absolute atomic E-state index is 13.1. The lowest BCUT2D eigenvalue weighted by molar-refractivity contribution is 0.0948. The van der Waals surface area contributed by atoms with Gasteiger partial charge < -0.3 is 16.0 Å². The van der Waals surface area contributed by atoms with E-state index in [0.29, 0.717) is 12.0 Å². The van der Waals surface area contributed by atoms with Crippen molar-refractivity contribution in [1.29, 1.82) is 0 Å². The van der Waals surface area contributed by atoms with Gasteiger partial charge in [0.25, 0.3) is 0 Å². The highest BCUT2D eigenvalue weighted by Crippen LogP contribution is 2.08. The fourth-order valence-electron chi connectivity index (χ4n) is 2.24. The zero-order chi connectivity index (χ0) is 13.7. The Morgan fingerprint density at radius 1 is 1.42 bits per heavy atom. The van der Waals surface area contributed by atoms with E-state index in [1.165, 1.54) is 18.2 Å². The molecular formula is C14H20FN3O. The van der Waals surface area contributed by atoms with E-state index in [2.05, 4.69) is 10.2 Å². The van der Waals surface area contributed by atoms with Gasteiger partial charge in [-0.1, -0.05) is 12.1 Å². The predicted molar refractivity (Wildman–Crippen MR) is 72.6 cm³/mol. The maximum atomic E-state index is 13.1. The van der Waals surface area contributed by atoms with Crippen LogP contribution in [-0.2, 0) is 0 Å². The molecule has 0 radical (unpaired) electrons. The number of carbonyl (C=O) groups excluding carboxylic acids is 1. The van der Waals surface area contributed by atoms with Crippen LogP contribution in [0.3, 0.4) is 0 Å². The van der Waals surface area contributed by atoms with Crippen LogP contribution in [-0.4, -0.2) is 49.4 Å². The lowest BCUT2D eigenvalue weighted by atomic mass is 10.0. The molecular weight excluding hydrogens is 245 g/mol. The van der Waals surface area contributed by atoms with E-state index in [1.54, 1.807) is 6.07 Å². The Bertz CT molecular complexity index is 432. The molecule has 1 unspecified atom stereocenters. The molecule has 19 heavy (non-hydrogen) atoms. The summed E-state index contributed by atoms with van der Waals surface area (Å²) < 4.78 is 13.1. The van der Waals surface area contributed by atoms with Gasteiger partial charge in [0.2, 0.25) is 0 Å². The van der Waals surface area contributed by atoms with Crippen molar-refractivity contribution >= 4 is 5.78 Å². The molecule has 1 aliphatic heterocycles. The Kier molecular flexibility index (Phi) is 5.01. The lowest BCUT2D eigenvalue weighted by Gasteiger charge is -2.27. The van der Waals surface area contributed by atoms with Crippen LogP contribution in [0.15, 0.2) is 24.3 Å². The predicted octanol–water partition coefficient (Wildman–Crippen LogP) is 0.631. The molecule has 5 heteroatoms. The van der Waals surface area contributed by atoms with Crippen LogP contribution in [0, 0.1) is 5.82 Å². The van der Waals surface area contributed by atoms with E-state index in [-0.39, 0.29) is 5.78 Å². The highest BCUT2D eigenvalue weighted by atomic mass is 19.1. The number of hydrogen-bond donors (Lipinski definition) is 2. The molecule has 2 rings (SSSR count). The largest absolute Gasteiger partial charge is 0.321 e. The van der Waals surface area contributed by atoms with Crippen molar-refractivity contribution in [3.8, 4) is 0 Å². The van der Waals surface area contributed by atoms with E-state index in [9.17, 15) is 9.18 Å². The van der Waals surface area contributed by atoms with Crippen LogP contribution >= 0.6 is 0 Å². The summed E-state index contributed by atoms with van der Waals surface area (Å²) in [6.07, 6.45) is 0.606. The molecule has 0 aromatic heterocycles. The number of nitrogens with one attached hydrogen (secondary N) is 1. The lowest BCUT2D eigenvalue weighted by Crippen LogP contribution is -2.45. The van der Waals surface area contributed by atoms with E-state index < -0.39 is 11.9 Å². The summed E-state index contributed by atoms with van der Waals surface area (Å²) in [4.78, 5) is 14.3. The molecule has 1 atom stereocenters. The van der Waals surface area contributed by atoms with Crippen molar-refractivity contribution in [2.45, 2.75) is 12.5 Å². The third-order valence-electron chi connectivity index (χ3n) is 3.41. The first-order valence-corrected chi connectivity index (χ1v) is 6.65. The second-order valence-electron chi connectivity index (χ2n) is 4.86. The minimum absolute atomic E-state index is 0.186. The molecule has 104 valence electrons. The number of carbonyl (C=O) groups is 1. The van der Waals surface area contributed by atoms with Crippen molar-refractivity contribution in [3.63, 3.8) is 0 Å². The average Bonchev–Trinajstić information content (AvgIpc) is 2.45.